The van der Waals surface area contributed by atoms with E-state index >= 15 is 0 Å². The number of benzene rings is 1. The van der Waals surface area contributed by atoms with Gasteiger partial charge in [-0.1, -0.05) is 13.0 Å². The van der Waals surface area contributed by atoms with E-state index in [-0.39, 0.29) is 5.78 Å². The molecule has 0 aliphatic rings. The molecule has 0 spiro atoms. The molecule has 3 nitrogen and oxygen atoms in total. The second-order valence-corrected chi connectivity index (χ2v) is 7.18. The van der Waals surface area contributed by atoms with Crippen molar-refractivity contribution in [2.24, 2.45) is 0 Å². The van der Waals surface area contributed by atoms with E-state index in [0.29, 0.717) is 6.42 Å². The van der Waals surface area contributed by atoms with Gasteiger partial charge in [-0.25, -0.2) is 0 Å². The molecule has 0 amide bonds. The van der Waals surface area contributed by atoms with Crippen molar-refractivity contribution in [1.82, 2.24) is 9.97 Å². The summed E-state index contributed by atoms with van der Waals surface area (Å²) in [6, 6.07) is 10.2. The molecular formula is C21H18N2OS. The summed E-state index contributed by atoms with van der Waals surface area (Å²) in [6.07, 6.45) is 5.01. The van der Waals surface area contributed by atoms with Gasteiger partial charge in [0, 0.05) is 29.6 Å². The van der Waals surface area contributed by atoms with Crippen LogP contribution in [0.5, 0.6) is 0 Å². The third kappa shape index (κ3) is 2.94. The normalized spacial score (nSPS) is 11.3. The Morgan fingerprint density at radius 3 is 2.92 bits per heavy atom. The molecule has 0 atom stereocenters. The number of rotatable bonds is 4. The second kappa shape index (κ2) is 6.37. The molecule has 0 aliphatic heterocycles. The smallest absolute Gasteiger partial charge is 0.170 e. The van der Waals surface area contributed by atoms with E-state index in [1.807, 2.05) is 30.6 Å². The van der Waals surface area contributed by atoms with Crippen molar-refractivity contribution in [3.8, 4) is 0 Å². The number of aromatic nitrogens is 2. The van der Waals surface area contributed by atoms with Crippen molar-refractivity contribution in [2.75, 3.05) is 0 Å². The van der Waals surface area contributed by atoms with Crippen molar-refractivity contribution >= 4 is 38.2 Å². The molecule has 3 heterocycles. The van der Waals surface area contributed by atoms with Crippen molar-refractivity contribution < 1.29 is 4.79 Å². The van der Waals surface area contributed by atoms with Crippen LogP contribution in [-0.4, -0.2) is 15.8 Å². The Kier molecular flexibility index (Phi) is 4.06. The first-order chi connectivity index (χ1) is 12.2. The molecule has 1 aromatic carbocycles. The summed E-state index contributed by atoms with van der Waals surface area (Å²) in [6.45, 7) is 4.15. The highest BCUT2D eigenvalue weighted by molar-refractivity contribution is 7.17. The van der Waals surface area contributed by atoms with Gasteiger partial charge < -0.3 is 0 Å². The fourth-order valence-electron chi connectivity index (χ4n) is 3.08. The number of carbonyl (C=O) groups is 1. The molecule has 0 N–H and O–H groups in total. The van der Waals surface area contributed by atoms with Gasteiger partial charge in [-0.3, -0.25) is 14.8 Å². The topological polar surface area (TPSA) is 42.9 Å². The Balaban J connectivity index is 1.69. The minimum Gasteiger partial charge on any atom is -0.294 e. The number of hydrogen-bond acceptors (Lipinski definition) is 4. The zero-order valence-corrected chi connectivity index (χ0v) is 15.1. The van der Waals surface area contributed by atoms with Crippen LogP contribution in [0.15, 0.2) is 48.1 Å². The van der Waals surface area contributed by atoms with Gasteiger partial charge in [0.15, 0.2) is 5.78 Å². The number of hydrogen-bond donors (Lipinski definition) is 0. The van der Waals surface area contributed by atoms with Gasteiger partial charge in [0.05, 0.1) is 21.3 Å². The average molecular weight is 346 g/mol. The van der Waals surface area contributed by atoms with Crippen LogP contribution in [0, 0.1) is 6.92 Å². The summed E-state index contributed by atoms with van der Waals surface area (Å²) in [5.41, 5.74) is 5.87. The van der Waals surface area contributed by atoms with Crippen molar-refractivity contribution in [1.29, 1.82) is 0 Å². The molecule has 0 unspecified atom stereocenters. The highest BCUT2D eigenvalue weighted by Crippen LogP contribution is 2.27. The third-order valence-electron chi connectivity index (χ3n) is 4.59. The van der Waals surface area contributed by atoms with Crippen LogP contribution < -0.4 is 0 Å². The summed E-state index contributed by atoms with van der Waals surface area (Å²) >= 11 is 1.60. The van der Waals surface area contributed by atoms with Gasteiger partial charge in [0.2, 0.25) is 0 Å². The van der Waals surface area contributed by atoms with E-state index in [1.165, 1.54) is 5.56 Å². The van der Waals surface area contributed by atoms with Crippen LogP contribution in [0.3, 0.4) is 0 Å². The van der Waals surface area contributed by atoms with Crippen molar-refractivity contribution in [3.63, 3.8) is 0 Å². The standard InChI is InChI=1S/C21H18N2OS/c1-3-14-8-20-21(23-11-14)17(12-25-20)19(24)10-16-9-15-5-4-6-22-18(15)7-13(16)2/h4-9,11-12H,3,10H2,1-2H3. The lowest BCUT2D eigenvalue weighted by molar-refractivity contribution is 0.0994. The molecule has 0 radical (unpaired) electrons. The Labute approximate surface area is 150 Å². The number of Topliss-reactive ketones (excluding diaryl/α,β-unsaturated/α-hetero) is 1. The fraction of sp³-hybridized carbons (Fsp3) is 0.190. The van der Waals surface area contributed by atoms with Crippen LogP contribution >= 0.6 is 11.3 Å². The van der Waals surface area contributed by atoms with E-state index in [9.17, 15) is 4.79 Å². The molecule has 0 saturated heterocycles. The van der Waals surface area contributed by atoms with E-state index in [0.717, 1.165) is 44.2 Å². The van der Waals surface area contributed by atoms with Crippen LogP contribution in [0.4, 0.5) is 0 Å². The molecule has 0 aliphatic carbocycles. The van der Waals surface area contributed by atoms with Gasteiger partial charge in [0.25, 0.3) is 0 Å². The van der Waals surface area contributed by atoms with E-state index in [4.69, 9.17) is 0 Å². The Morgan fingerprint density at radius 2 is 2.08 bits per heavy atom. The number of pyridine rings is 2. The Morgan fingerprint density at radius 1 is 1.20 bits per heavy atom. The molecule has 3 aromatic heterocycles. The number of aryl methyl sites for hydroxylation is 2. The van der Waals surface area contributed by atoms with Crippen LogP contribution in [0.25, 0.3) is 21.1 Å². The largest absolute Gasteiger partial charge is 0.294 e. The number of thiophene rings is 1. The Hall–Kier alpha value is -2.59. The SMILES string of the molecule is CCc1cnc2c(C(=O)Cc3cc4cccnc4cc3C)csc2c1. The molecule has 4 heteroatoms. The number of fused-ring (bicyclic) bond motifs is 2. The lowest BCUT2D eigenvalue weighted by atomic mass is 9.98. The van der Waals surface area contributed by atoms with Crippen LogP contribution in [0.2, 0.25) is 0 Å². The highest BCUT2D eigenvalue weighted by atomic mass is 32.1. The first kappa shape index (κ1) is 15.9. The summed E-state index contributed by atoms with van der Waals surface area (Å²) in [5.74, 6) is 0.120. The maximum atomic E-state index is 12.9. The number of ketones is 1. The molecule has 0 bridgehead atoms. The second-order valence-electron chi connectivity index (χ2n) is 6.27. The molecule has 0 saturated carbocycles. The summed E-state index contributed by atoms with van der Waals surface area (Å²) in [5, 5.41) is 3.01. The monoisotopic (exact) mass is 346 g/mol. The number of nitrogens with zero attached hydrogens (tertiary/aromatic N) is 2. The van der Waals surface area contributed by atoms with Crippen LogP contribution in [-0.2, 0) is 12.8 Å². The van der Waals surface area contributed by atoms with Gasteiger partial charge >= 0.3 is 0 Å². The first-order valence-corrected chi connectivity index (χ1v) is 9.27. The van der Waals surface area contributed by atoms with E-state index in [1.54, 1.807) is 17.5 Å². The van der Waals surface area contributed by atoms with E-state index < -0.39 is 0 Å². The Bertz CT molecular complexity index is 1100. The first-order valence-electron chi connectivity index (χ1n) is 8.39. The molecule has 25 heavy (non-hydrogen) atoms. The summed E-state index contributed by atoms with van der Waals surface area (Å²) < 4.78 is 1.09. The maximum Gasteiger partial charge on any atom is 0.170 e. The molecule has 0 fully saturated rings. The quantitative estimate of drug-likeness (QED) is 0.480. The van der Waals surface area contributed by atoms with Gasteiger partial charge in [0.1, 0.15) is 0 Å². The number of carbonyl (C=O) groups excluding carboxylic acids is 1. The van der Waals surface area contributed by atoms with Gasteiger partial charge in [-0.15, -0.1) is 11.3 Å². The van der Waals surface area contributed by atoms with E-state index in [2.05, 4.69) is 35.1 Å². The predicted molar refractivity (Wildman–Crippen MR) is 104 cm³/mol. The fourth-order valence-corrected chi connectivity index (χ4v) is 4.06. The summed E-state index contributed by atoms with van der Waals surface area (Å²) in [4.78, 5) is 21.8. The van der Waals surface area contributed by atoms with Gasteiger partial charge in [-0.2, -0.15) is 0 Å². The molecule has 4 aromatic rings. The molecule has 4 rings (SSSR count). The molecule has 124 valence electrons. The predicted octanol–water partition coefficient (Wildman–Crippen LogP) is 5.14. The zero-order chi connectivity index (χ0) is 17.4. The van der Waals surface area contributed by atoms with Crippen LogP contribution in [0.1, 0.15) is 34.0 Å². The maximum absolute atomic E-state index is 12.9. The third-order valence-corrected chi connectivity index (χ3v) is 5.51. The summed E-state index contributed by atoms with van der Waals surface area (Å²) in [7, 11) is 0. The molecular weight excluding hydrogens is 328 g/mol. The zero-order valence-electron chi connectivity index (χ0n) is 14.2. The van der Waals surface area contributed by atoms with Gasteiger partial charge in [-0.05, 0) is 54.3 Å². The van der Waals surface area contributed by atoms with Crippen molar-refractivity contribution in [3.05, 3.63) is 70.4 Å². The highest BCUT2D eigenvalue weighted by Gasteiger charge is 2.16. The van der Waals surface area contributed by atoms with Crippen molar-refractivity contribution in [2.45, 2.75) is 26.7 Å². The lowest BCUT2D eigenvalue weighted by Gasteiger charge is -2.07. The lowest BCUT2D eigenvalue weighted by Crippen LogP contribution is -2.05. The minimum absolute atomic E-state index is 0.120. The minimum atomic E-state index is 0.120. The average Bonchev–Trinajstić information content (AvgIpc) is 3.05.